The topological polar surface area (TPSA) is 92.4 Å². The summed E-state index contributed by atoms with van der Waals surface area (Å²) in [5.74, 6) is -1.13. The SMILES string of the molecule is CCCC(C)(N)C(=O)NC(CCC(=O)O)c1ccccc1. The molecular weight excluding hydrogens is 268 g/mol. The number of hydrogen-bond donors (Lipinski definition) is 3. The molecule has 0 spiro atoms. The first-order valence-corrected chi connectivity index (χ1v) is 7.23. The number of aliphatic carboxylic acids is 1. The van der Waals surface area contributed by atoms with E-state index in [1.54, 1.807) is 6.92 Å². The van der Waals surface area contributed by atoms with Crippen molar-refractivity contribution in [1.29, 1.82) is 0 Å². The maximum absolute atomic E-state index is 12.3. The average molecular weight is 292 g/mol. The molecule has 0 aliphatic heterocycles. The predicted molar refractivity (Wildman–Crippen MR) is 81.7 cm³/mol. The predicted octanol–water partition coefficient (Wildman–Crippen LogP) is 2.23. The van der Waals surface area contributed by atoms with E-state index in [-0.39, 0.29) is 18.4 Å². The van der Waals surface area contributed by atoms with Crippen molar-refractivity contribution in [2.45, 2.75) is 51.1 Å². The van der Waals surface area contributed by atoms with Crippen molar-refractivity contribution in [1.82, 2.24) is 5.32 Å². The molecule has 1 aromatic rings. The standard InChI is InChI=1S/C16H24N2O3/c1-3-11-16(2,17)15(21)18-13(9-10-14(19)20)12-7-5-4-6-8-12/h4-8,13H,3,9-11,17H2,1-2H3,(H,18,21)(H,19,20). The first kappa shape index (κ1) is 17.2. The Balaban J connectivity index is 2.82. The van der Waals surface area contributed by atoms with Crippen LogP contribution in [0.15, 0.2) is 30.3 Å². The fourth-order valence-electron chi connectivity index (χ4n) is 2.23. The van der Waals surface area contributed by atoms with Gasteiger partial charge in [-0.15, -0.1) is 0 Å². The highest BCUT2D eigenvalue weighted by Crippen LogP contribution is 2.20. The van der Waals surface area contributed by atoms with E-state index in [0.29, 0.717) is 12.8 Å². The highest BCUT2D eigenvalue weighted by atomic mass is 16.4. The van der Waals surface area contributed by atoms with E-state index in [1.807, 2.05) is 37.3 Å². The number of rotatable bonds is 8. The molecule has 1 rings (SSSR count). The Labute approximate surface area is 125 Å². The van der Waals surface area contributed by atoms with Crippen molar-refractivity contribution < 1.29 is 14.7 Å². The summed E-state index contributed by atoms with van der Waals surface area (Å²) >= 11 is 0. The Morgan fingerprint density at radius 1 is 1.33 bits per heavy atom. The van der Waals surface area contributed by atoms with Gasteiger partial charge in [-0.2, -0.15) is 0 Å². The molecule has 0 saturated heterocycles. The molecule has 1 amide bonds. The summed E-state index contributed by atoms with van der Waals surface area (Å²) in [5.41, 5.74) is 5.97. The minimum Gasteiger partial charge on any atom is -0.481 e. The monoisotopic (exact) mass is 292 g/mol. The first-order valence-electron chi connectivity index (χ1n) is 7.23. The summed E-state index contributed by atoms with van der Waals surface area (Å²) in [5, 5.41) is 11.7. The van der Waals surface area contributed by atoms with Crippen LogP contribution in [0.25, 0.3) is 0 Å². The Kier molecular flexibility index (Phi) is 6.37. The summed E-state index contributed by atoms with van der Waals surface area (Å²) in [6.45, 7) is 3.67. The minimum absolute atomic E-state index is 0.00506. The normalized spacial score (nSPS) is 15.0. The zero-order valence-electron chi connectivity index (χ0n) is 12.6. The molecule has 0 radical (unpaired) electrons. The zero-order chi connectivity index (χ0) is 15.9. The molecule has 2 unspecified atom stereocenters. The van der Waals surface area contributed by atoms with Crippen molar-refractivity contribution in [3.63, 3.8) is 0 Å². The Bertz CT molecular complexity index is 472. The quantitative estimate of drug-likeness (QED) is 0.685. The smallest absolute Gasteiger partial charge is 0.303 e. The lowest BCUT2D eigenvalue weighted by molar-refractivity contribution is -0.137. The van der Waals surface area contributed by atoms with Crippen LogP contribution in [0, 0.1) is 0 Å². The van der Waals surface area contributed by atoms with E-state index in [9.17, 15) is 9.59 Å². The van der Waals surface area contributed by atoms with Crippen LogP contribution in [0.4, 0.5) is 0 Å². The van der Waals surface area contributed by atoms with Crippen LogP contribution < -0.4 is 11.1 Å². The molecule has 0 saturated carbocycles. The Morgan fingerprint density at radius 2 is 1.95 bits per heavy atom. The molecule has 2 atom stereocenters. The number of nitrogens with two attached hydrogens (primary N) is 1. The van der Waals surface area contributed by atoms with E-state index in [1.165, 1.54) is 0 Å². The number of carboxylic acids is 1. The fourth-order valence-corrected chi connectivity index (χ4v) is 2.23. The molecule has 0 aliphatic rings. The van der Waals surface area contributed by atoms with Gasteiger partial charge in [-0.3, -0.25) is 9.59 Å². The van der Waals surface area contributed by atoms with Gasteiger partial charge in [0.15, 0.2) is 0 Å². The second kappa shape index (κ2) is 7.78. The molecule has 0 aromatic heterocycles. The van der Waals surface area contributed by atoms with Crippen LogP contribution in [-0.2, 0) is 9.59 Å². The molecule has 0 fully saturated rings. The number of carbonyl (C=O) groups excluding carboxylic acids is 1. The van der Waals surface area contributed by atoms with Gasteiger partial charge in [0, 0.05) is 6.42 Å². The number of nitrogens with one attached hydrogen (secondary N) is 1. The molecule has 0 heterocycles. The van der Waals surface area contributed by atoms with Gasteiger partial charge >= 0.3 is 5.97 Å². The molecule has 5 nitrogen and oxygen atoms in total. The second-order valence-electron chi connectivity index (χ2n) is 5.54. The van der Waals surface area contributed by atoms with Crippen LogP contribution in [-0.4, -0.2) is 22.5 Å². The average Bonchev–Trinajstić information content (AvgIpc) is 2.43. The van der Waals surface area contributed by atoms with Gasteiger partial charge in [0.05, 0.1) is 11.6 Å². The van der Waals surface area contributed by atoms with Gasteiger partial charge in [0.1, 0.15) is 0 Å². The fraction of sp³-hybridized carbons (Fsp3) is 0.500. The molecule has 116 valence electrons. The third kappa shape index (κ3) is 5.55. The Hall–Kier alpha value is -1.88. The molecule has 21 heavy (non-hydrogen) atoms. The van der Waals surface area contributed by atoms with Crippen LogP contribution in [0.3, 0.4) is 0 Å². The van der Waals surface area contributed by atoms with Gasteiger partial charge in [-0.25, -0.2) is 0 Å². The van der Waals surface area contributed by atoms with Crippen LogP contribution >= 0.6 is 0 Å². The van der Waals surface area contributed by atoms with Crippen molar-refractivity contribution >= 4 is 11.9 Å². The van der Waals surface area contributed by atoms with Gasteiger partial charge in [-0.1, -0.05) is 43.7 Å². The highest BCUT2D eigenvalue weighted by Gasteiger charge is 2.29. The van der Waals surface area contributed by atoms with Crippen LogP contribution in [0.1, 0.15) is 51.1 Å². The van der Waals surface area contributed by atoms with Gasteiger partial charge in [-0.05, 0) is 25.3 Å². The maximum Gasteiger partial charge on any atom is 0.303 e. The van der Waals surface area contributed by atoms with E-state index in [2.05, 4.69) is 5.32 Å². The van der Waals surface area contributed by atoms with E-state index in [4.69, 9.17) is 10.8 Å². The molecule has 0 aliphatic carbocycles. The molecule has 0 bridgehead atoms. The van der Waals surface area contributed by atoms with Crippen molar-refractivity contribution in [3.05, 3.63) is 35.9 Å². The maximum atomic E-state index is 12.3. The summed E-state index contributed by atoms with van der Waals surface area (Å²) in [7, 11) is 0. The van der Waals surface area contributed by atoms with E-state index >= 15 is 0 Å². The minimum atomic E-state index is -0.939. The number of benzene rings is 1. The second-order valence-corrected chi connectivity index (χ2v) is 5.54. The molecule has 5 heteroatoms. The lowest BCUT2D eigenvalue weighted by Gasteiger charge is -2.27. The number of carboxylic acid groups (broad SMARTS) is 1. The first-order chi connectivity index (χ1) is 9.86. The third-order valence-electron chi connectivity index (χ3n) is 3.44. The third-order valence-corrected chi connectivity index (χ3v) is 3.44. The summed E-state index contributed by atoms with van der Waals surface area (Å²) in [6, 6.07) is 9.02. The lowest BCUT2D eigenvalue weighted by atomic mass is 9.94. The summed E-state index contributed by atoms with van der Waals surface area (Å²) in [6.07, 6.45) is 1.73. The molecular formula is C16H24N2O3. The van der Waals surface area contributed by atoms with Crippen molar-refractivity contribution in [2.75, 3.05) is 0 Å². The number of carbonyl (C=O) groups is 2. The van der Waals surface area contributed by atoms with Gasteiger partial charge in [0.25, 0.3) is 0 Å². The van der Waals surface area contributed by atoms with Gasteiger partial charge in [0.2, 0.25) is 5.91 Å². The van der Waals surface area contributed by atoms with Crippen molar-refractivity contribution in [3.8, 4) is 0 Å². The Morgan fingerprint density at radius 3 is 2.48 bits per heavy atom. The zero-order valence-corrected chi connectivity index (χ0v) is 12.6. The molecule has 4 N–H and O–H groups in total. The van der Waals surface area contributed by atoms with Crippen LogP contribution in [0.2, 0.25) is 0 Å². The van der Waals surface area contributed by atoms with Crippen molar-refractivity contribution in [2.24, 2.45) is 5.73 Å². The largest absolute Gasteiger partial charge is 0.481 e. The number of amides is 1. The lowest BCUT2D eigenvalue weighted by Crippen LogP contribution is -2.52. The summed E-state index contributed by atoms with van der Waals surface area (Å²) in [4.78, 5) is 23.1. The highest BCUT2D eigenvalue weighted by molar-refractivity contribution is 5.86. The van der Waals surface area contributed by atoms with E-state index < -0.39 is 11.5 Å². The van der Waals surface area contributed by atoms with Gasteiger partial charge < -0.3 is 16.2 Å². The molecule has 1 aromatic carbocycles. The summed E-state index contributed by atoms with van der Waals surface area (Å²) < 4.78 is 0. The van der Waals surface area contributed by atoms with Crippen LogP contribution in [0.5, 0.6) is 0 Å². The van der Waals surface area contributed by atoms with E-state index in [0.717, 1.165) is 12.0 Å². The number of hydrogen-bond acceptors (Lipinski definition) is 3.